The predicted molar refractivity (Wildman–Crippen MR) is 68.8 cm³/mol. The summed E-state index contributed by atoms with van der Waals surface area (Å²) in [5, 5.41) is 0.483. The largest absolute Gasteiger partial charge is 0.382 e. The normalized spacial score (nSPS) is 12.7. The predicted octanol–water partition coefficient (Wildman–Crippen LogP) is 2.04. The van der Waals surface area contributed by atoms with Crippen LogP contribution in [0.5, 0.6) is 0 Å². The zero-order chi connectivity index (χ0) is 13.4. The molecule has 0 aliphatic carbocycles. The van der Waals surface area contributed by atoms with Gasteiger partial charge in [0.25, 0.3) is 0 Å². The third-order valence-electron chi connectivity index (χ3n) is 2.52. The minimum Gasteiger partial charge on any atom is -0.382 e. The smallest absolute Gasteiger partial charge is 0.123 e. The van der Waals surface area contributed by atoms with Crippen LogP contribution in [0.15, 0.2) is 18.2 Å². The first-order valence-electron chi connectivity index (χ1n) is 5.66. The number of methoxy groups -OCH3 is 1. The molecule has 3 N–H and O–H groups in total. The summed E-state index contributed by atoms with van der Waals surface area (Å²) in [4.78, 5) is 0. The van der Waals surface area contributed by atoms with Gasteiger partial charge in [0, 0.05) is 24.8 Å². The van der Waals surface area contributed by atoms with Crippen molar-refractivity contribution in [2.45, 2.75) is 12.5 Å². The van der Waals surface area contributed by atoms with Crippen LogP contribution in [-0.4, -0.2) is 26.9 Å². The standard InChI is InChI=1S/C12H18ClFN2O2/c1-17-6-7-18-5-4-12(16-15)10-8-9(14)2-3-11(10)13/h2-3,8,12,16H,4-7,15H2,1H3. The van der Waals surface area contributed by atoms with E-state index in [0.29, 0.717) is 36.8 Å². The topological polar surface area (TPSA) is 56.5 Å². The summed E-state index contributed by atoms with van der Waals surface area (Å²) < 4.78 is 23.4. The Kier molecular flexibility index (Phi) is 7.15. The van der Waals surface area contributed by atoms with E-state index in [1.54, 1.807) is 7.11 Å². The van der Waals surface area contributed by atoms with Gasteiger partial charge >= 0.3 is 0 Å². The van der Waals surface area contributed by atoms with Crippen molar-refractivity contribution in [3.8, 4) is 0 Å². The van der Waals surface area contributed by atoms with Crippen LogP contribution in [-0.2, 0) is 9.47 Å². The Bertz CT molecular complexity index is 366. The number of hydrazine groups is 1. The van der Waals surface area contributed by atoms with E-state index in [-0.39, 0.29) is 11.9 Å². The van der Waals surface area contributed by atoms with Crippen LogP contribution in [0.3, 0.4) is 0 Å². The average Bonchev–Trinajstić information content (AvgIpc) is 2.37. The van der Waals surface area contributed by atoms with Crippen molar-refractivity contribution in [1.29, 1.82) is 0 Å². The molecule has 0 aromatic heterocycles. The lowest BCUT2D eigenvalue weighted by Crippen LogP contribution is -2.29. The number of nitrogens with one attached hydrogen (secondary N) is 1. The quantitative estimate of drug-likeness (QED) is 0.433. The van der Waals surface area contributed by atoms with Crippen molar-refractivity contribution in [3.63, 3.8) is 0 Å². The molecule has 0 aliphatic heterocycles. The van der Waals surface area contributed by atoms with Crippen LogP contribution in [0.1, 0.15) is 18.0 Å². The number of benzene rings is 1. The monoisotopic (exact) mass is 276 g/mol. The number of ether oxygens (including phenoxy) is 2. The molecule has 1 rings (SSSR count). The molecular formula is C12H18ClFN2O2. The SMILES string of the molecule is COCCOCCC(NN)c1cc(F)ccc1Cl. The van der Waals surface area contributed by atoms with Crippen molar-refractivity contribution in [3.05, 3.63) is 34.6 Å². The summed E-state index contributed by atoms with van der Waals surface area (Å²) in [6, 6.07) is 3.97. The Hall–Kier alpha value is -0.720. The van der Waals surface area contributed by atoms with Gasteiger partial charge in [-0.3, -0.25) is 11.3 Å². The number of hydrogen-bond donors (Lipinski definition) is 2. The van der Waals surface area contributed by atoms with Crippen molar-refractivity contribution in [2.24, 2.45) is 5.84 Å². The molecule has 0 spiro atoms. The highest BCUT2D eigenvalue weighted by molar-refractivity contribution is 6.31. The molecule has 0 amide bonds. The van der Waals surface area contributed by atoms with E-state index in [9.17, 15) is 4.39 Å². The average molecular weight is 277 g/mol. The lowest BCUT2D eigenvalue weighted by molar-refractivity contribution is 0.0657. The van der Waals surface area contributed by atoms with Crippen molar-refractivity contribution >= 4 is 11.6 Å². The van der Waals surface area contributed by atoms with Gasteiger partial charge in [-0.2, -0.15) is 0 Å². The zero-order valence-corrected chi connectivity index (χ0v) is 11.0. The molecule has 1 aromatic rings. The third kappa shape index (κ3) is 4.88. The Balaban J connectivity index is 2.52. The summed E-state index contributed by atoms with van der Waals surface area (Å²) in [5.41, 5.74) is 3.25. The second-order valence-electron chi connectivity index (χ2n) is 3.78. The van der Waals surface area contributed by atoms with Gasteiger partial charge in [0.05, 0.1) is 13.2 Å². The number of nitrogens with two attached hydrogens (primary N) is 1. The highest BCUT2D eigenvalue weighted by Gasteiger charge is 2.14. The first-order valence-corrected chi connectivity index (χ1v) is 6.04. The Morgan fingerprint density at radius 1 is 1.39 bits per heavy atom. The van der Waals surface area contributed by atoms with Gasteiger partial charge in [-0.1, -0.05) is 11.6 Å². The molecule has 18 heavy (non-hydrogen) atoms. The van der Waals surface area contributed by atoms with E-state index >= 15 is 0 Å². The van der Waals surface area contributed by atoms with Gasteiger partial charge in [0.2, 0.25) is 0 Å². The van der Waals surface area contributed by atoms with Gasteiger partial charge in [-0.15, -0.1) is 0 Å². The summed E-state index contributed by atoms with van der Waals surface area (Å²) in [5.74, 6) is 5.12. The van der Waals surface area contributed by atoms with Gasteiger partial charge in [-0.05, 0) is 30.2 Å². The van der Waals surface area contributed by atoms with Crippen molar-refractivity contribution in [2.75, 3.05) is 26.9 Å². The molecule has 1 unspecified atom stereocenters. The van der Waals surface area contributed by atoms with E-state index < -0.39 is 0 Å². The highest BCUT2D eigenvalue weighted by atomic mass is 35.5. The summed E-state index contributed by atoms with van der Waals surface area (Å²) in [6.07, 6.45) is 0.601. The van der Waals surface area contributed by atoms with E-state index in [4.69, 9.17) is 26.9 Å². The van der Waals surface area contributed by atoms with Crippen LogP contribution < -0.4 is 11.3 Å². The van der Waals surface area contributed by atoms with E-state index in [1.165, 1.54) is 18.2 Å². The minimum absolute atomic E-state index is 0.240. The van der Waals surface area contributed by atoms with Gasteiger partial charge in [0.1, 0.15) is 5.82 Å². The Morgan fingerprint density at radius 3 is 2.83 bits per heavy atom. The molecule has 6 heteroatoms. The van der Waals surface area contributed by atoms with Crippen molar-refractivity contribution < 1.29 is 13.9 Å². The molecule has 102 valence electrons. The van der Waals surface area contributed by atoms with Gasteiger partial charge < -0.3 is 9.47 Å². The first kappa shape index (κ1) is 15.3. The fourth-order valence-electron chi connectivity index (χ4n) is 1.56. The summed E-state index contributed by atoms with van der Waals surface area (Å²) in [6.45, 7) is 1.55. The van der Waals surface area contributed by atoms with Crippen LogP contribution in [0.25, 0.3) is 0 Å². The van der Waals surface area contributed by atoms with Crippen molar-refractivity contribution in [1.82, 2.24) is 5.43 Å². The first-order chi connectivity index (χ1) is 8.69. The molecule has 0 radical (unpaired) electrons. The Morgan fingerprint density at radius 2 is 2.17 bits per heavy atom. The molecule has 0 bridgehead atoms. The molecule has 0 saturated heterocycles. The maximum atomic E-state index is 13.2. The Labute approximate surface area is 111 Å². The molecule has 4 nitrogen and oxygen atoms in total. The van der Waals surface area contributed by atoms with Crippen LogP contribution >= 0.6 is 11.6 Å². The number of hydrogen-bond acceptors (Lipinski definition) is 4. The van der Waals surface area contributed by atoms with E-state index in [1.807, 2.05) is 0 Å². The molecular weight excluding hydrogens is 259 g/mol. The maximum absolute atomic E-state index is 13.2. The molecule has 1 atom stereocenters. The summed E-state index contributed by atoms with van der Waals surface area (Å²) >= 11 is 6.01. The van der Waals surface area contributed by atoms with Gasteiger partial charge in [0.15, 0.2) is 0 Å². The van der Waals surface area contributed by atoms with E-state index in [2.05, 4.69) is 5.43 Å². The molecule has 0 heterocycles. The van der Waals surface area contributed by atoms with Crippen LogP contribution in [0.4, 0.5) is 4.39 Å². The molecule has 0 fully saturated rings. The van der Waals surface area contributed by atoms with Gasteiger partial charge in [-0.25, -0.2) is 4.39 Å². The molecule has 1 aromatic carbocycles. The second kappa shape index (κ2) is 8.39. The number of halogens is 2. The summed E-state index contributed by atoms with van der Waals surface area (Å²) in [7, 11) is 1.61. The third-order valence-corrected chi connectivity index (χ3v) is 2.86. The van der Waals surface area contributed by atoms with Crippen LogP contribution in [0.2, 0.25) is 5.02 Å². The minimum atomic E-state index is -0.338. The fourth-order valence-corrected chi connectivity index (χ4v) is 1.81. The highest BCUT2D eigenvalue weighted by Crippen LogP contribution is 2.25. The lowest BCUT2D eigenvalue weighted by atomic mass is 10.0. The fraction of sp³-hybridized carbons (Fsp3) is 0.500. The van der Waals surface area contributed by atoms with E-state index in [0.717, 1.165) is 0 Å². The van der Waals surface area contributed by atoms with Crippen LogP contribution in [0, 0.1) is 5.82 Å². The maximum Gasteiger partial charge on any atom is 0.123 e. The number of rotatable bonds is 8. The lowest BCUT2D eigenvalue weighted by Gasteiger charge is -2.17. The molecule has 0 saturated carbocycles. The molecule has 0 aliphatic rings. The second-order valence-corrected chi connectivity index (χ2v) is 4.19. The zero-order valence-electron chi connectivity index (χ0n) is 10.3.